The van der Waals surface area contributed by atoms with Crippen LogP contribution in [0.15, 0.2) is 75.5 Å². The van der Waals surface area contributed by atoms with Crippen molar-refractivity contribution in [2.24, 2.45) is 9.85 Å². The Hall–Kier alpha value is -2.36. The number of para-hydroxylation sites is 1. The molecule has 0 saturated heterocycles. The molecule has 0 radical (unpaired) electrons. The predicted molar refractivity (Wildman–Crippen MR) is 130 cm³/mol. The molecule has 2 aromatic carbocycles. The molecule has 0 aliphatic carbocycles. The number of hydrogen-bond donors (Lipinski definition) is 0. The van der Waals surface area contributed by atoms with Gasteiger partial charge in [-0.2, -0.15) is 5.10 Å². The highest BCUT2D eigenvalue weighted by Crippen LogP contribution is 2.69. The molecule has 4 rings (SSSR count). The Morgan fingerprint density at radius 2 is 1.60 bits per heavy atom. The zero-order valence-electron chi connectivity index (χ0n) is 18.9. The van der Waals surface area contributed by atoms with Gasteiger partial charge in [0.1, 0.15) is 0 Å². The maximum absolute atomic E-state index is 5.45. The molecular weight excluding hydrogens is 389 g/mol. The third-order valence-corrected chi connectivity index (χ3v) is 10.1. The highest BCUT2D eigenvalue weighted by atomic mass is 31.2. The van der Waals surface area contributed by atoms with Gasteiger partial charge in [0.25, 0.3) is 0 Å². The van der Waals surface area contributed by atoms with E-state index in [1.165, 1.54) is 22.3 Å². The summed E-state index contributed by atoms with van der Waals surface area (Å²) in [6.45, 7) is 10.9. The predicted octanol–water partition coefficient (Wildman–Crippen LogP) is 6.26. The highest BCUT2D eigenvalue weighted by molar-refractivity contribution is 7.67. The lowest BCUT2D eigenvalue weighted by Crippen LogP contribution is -2.30. The van der Waals surface area contributed by atoms with Gasteiger partial charge in [0.15, 0.2) is 7.36 Å². The number of fused-ring (bicyclic) bond motifs is 1. The van der Waals surface area contributed by atoms with E-state index in [0.29, 0.717) is 0 Å². The number of hydrogen-bond acceptors (Lipinski definition) is 3. The zero-order valence-corrected chi connectivity index (χ0v) is 19.8. The number of allylic oxidation sites excluding steroid dienone is 2. The van der Waals surface area contributed by atoms with Crippen LogP contribution < -0.4 is 4.90 Å². The van der Waals surface area contributed by atoms with Crippen molar-refractivity contribution in [3.8, 4) is 0 Å². The average molecular weight is 422 g/mol. The first-order valence-electron chi connectivity index (χ1n) is 10.7. The molecule has 0 N–H and O–H groups in total. The lowest BCUT2D eigenvalue weighted by molar-refractivity contribution is 0.452. The molecule has 5 nitrogen and oxygen atoms in total. The fourth-order valence-electron chi connectivity index (χ4n) is 4.89. The van der Waals surface area contributed by atoms with Crippen LogP contribution >= 0.6 is 7.36 Å². The third-order valence-electron chi connectivity index (χ3n) is 6.32. The van der Waals surface area contributed by atoms with Crippen LogP contribution in [0.4, 0.5) is 11.4 Å². The minimum absolute atomic E-state index is 0.123. The summed E-state index contributed by atoms with van der Waals surface area (Å²) in [6.07, 6.45) is 2.07. The lowest BCUT2D eigenvalue weighted by Gasteiger charge is -2.39. The van der Waals surface area contributed by atoms with Gasteiger partial charge in [-0.05, 0) is 23.8 Å². The van der Waals surface area contributed by atoms with Crippen LogP contribution in [0.2, 0.25) is 0 Å². The van der Waals surface area contributed by atoms with Gasteiger partial charge in [-0.25, -0.2) is 14.2 Å². The number of benzene rings is 2. The standard InChI is InChI=1S/C24H32N5P/c1-7-29(8-2)30(26-19-14-10-9-11-15-19)22(18-25-28(30)6)23-24(3,4)20-16-12-13-17-21(20)27(23)5/h9-18H,7-8H2,1-6H3/b23-22+/t30-/m0/s1. The average Bonchev–Trinajstić information content (AvgIpc) is 3.16. The van der Waals surface area contributed by atoms with Crippen LogP contribution in [0, 0.1) is 0 Å². The molecule has 0 fully saturated rings. The van der Waals surface area contributed by atoms with Crippen molar-refractivity contribution in [2.75, 3.05) is 32.1 Å². The molecule has 2 heterocycles. The number of nitrogens with zero attached hydrogens (tertiary/aromatic N) is 5. The summed E-state index contributed by atoms with van der Waals surface area (Å²) in [5.74, 6) is 0. The second-order valence-corrected chi connectivity index (χ2v) is 11.3. The van der Waals surface area contributed by atoms with Gasteiger partial charge >= 0.3 is 0 Å². The van der Waals surface area contributed by atoms with Crippen molar-refractivity contribution in [3.05, 3.63) is 71.2 Å². The van der Waals surface area contributed by atoms with Gasteiger partial charge in [-0.3, -0.25) is 0 Å². The number of rotatable bonds is 4. The highest BCUT2D eigenvalue weighted by Gasteiger charge is 2.47. The van der Waals surface area contributed by atoms with Crippen LogP contribution in [0.25, 0.3) is 0 Å². The maximum atomic E-state index is 5.45. The largest absolute Gasteiger partial charge is 0.346 e. The van der Waals surface area contributed by atoms with Gasteiger partial charge in [0.05, 0.1) is 17.2 Å². The van der Waals surface area contributed by atoms with E-state index >= 15 is 0 Å². The van der Waals surface area contributed by atoms with Crippen molar-refractivity contribution in [2.45, 2.75) is 33.1 Å². The Balaban J connectivity index is 2.06. The van der Waals surface area contributed by atoms with Crippen LogP contribution in [-0.2, 0) is 5.41 Å². The number of hydrazone groups is 1. The summed E-state index contributed by atoms with van der Waals surface area (Å²) < 4.78 is 10.1. The molecule has 30 heavy (non-hydrogen) atoms. The lowest BCUT2D eigenvalue weighted by atomic mass is 9.84. The van der Waals surface area contributed by atoms with E-state index in [4.69, 9.17) is 9.85 Å². The van der Waals surface area contributed by atoms with Crippen LogP contribution in [0.5, 0.6) is 0 Å². The molecule has 1 atom stereocenters. The van der Waals surface area contributed by atoms with E-state index in [1.54, 1.807) is 0 Å². The second kappa shape index (κ2) is 7.72. The number of likely N-dealkylation sites (N-methyl/N-ethyl adjacent to an activating group) is 1. The van der Waals surface area contributed by atoms with Crippen molar-refractivity contribution < 1.29 is 0 Å². The minimum atomic E-state index is -2.27. The molecule has 0 amide bonds. The SMILES string of the molecule is CCN(CC)[P@]1(=Nc2ccccc2)/C(=C2/N(C)c3ccccc3C2(C)C)C=NN1C. The maximum Gasteiger partial charge on any atom is 0.174 e. The molecule has 0 aromatic heterocycles. The van der Waals surface area contributed by atoms with Crippen molar-refractivity contribution in [1.82, 2.24) is 9.45 Å². The molecule has 0 spiro atoms. The molecular formula is C24H32N5P. The molecule has 2 aliphatic rings. The first kappa shape index (κ1) is 20.9. The van der Waals surface area contributed by atoms with E-state index in [-0.39, 0.29) is 5.41 Å². The molecule has 158 valence electrons. The van der Waals surface area contributed by atoms with Gasteiger partial charge in [0, 0.05) is 44.0 Å². The fourth-order valence-corrected chi connectivity index (χ4v) is 8.60. The van der Waals surface area contributed by atoms with Crippen molar-refractivity contribution in [1.29, 1.82) is 0 Å². The smallest absolute Gasteiger partial charge is 0.174 e. The van der Waals surface area contributed by atoms with Crippen LogP contribution in [-0.4, -0.2) is 42.8 Å². The van der Waals surface area contributed by atoms with Crippen molar-refractivity contribution >= 4 is 24.9 Å². The summed E-state index contributed by atoms with van der Waals surface area (Å²) in [5.41, 5.74) is 4.81. The van der Waals surface area contributed by atoms with Crippen molar-refractivity contribution in [3.63, 3.8) is 0 Å². The van der Waals surface area contributed by atoms with Gasteiger partial charge < -0.3 is 4.90 Å². The first-order valence-corrected chi connectivity index (χ1v) is 12.3. The summed E-state index contributed by atoms with van der Waals surface area (Å²) in [7, 11) is 2.00. The Morgan fingerprint density at radius 1 is 0.967 bits per heavy atom. The molecule has 6 heteroatoms. The number of anilines is 1. The Morgan fingerprint density at radius 3 is 2.23 bits per heavy atom. The minimum Gasteiger partial charge on any atom is -0.346 e. The zero-order chi connectivity index (χ0) is 21.5. The second-order valence-electron chi connectivity index (χ2n) is 8.31. The molecule has 2 aromatic rings. The van der Waals surface area contributed by atoms with Gasteiger partial charge in [0.2, 0.25) is 0 Å². The van der Waals surface area contributed by atoms with E-state index in [9.17, 15) is 0 Å². The third kappa shape index (κ3) is 2.95. The van der Waals surface area contributed by atoms with E-state index in [1.807, 2.05) is 6.07 Å². The molecule has 2 aliphatic heterocycles. The van der Waals surface area contributed by atoms with E-state index < -0.39 is 7.36 Å². The Bertz CT molecular complexity index is 1050. The summed E-state index contributed by atoms with van der Waals surface area (Å²) in [6, 6.07) is 19.1. The summed E-state index contributed by atoms with van der Waals surface area (Å²) >= 11 is 0. The molecule has 0 bridgehead atoms. The molecule has 0 saturated carbocycles. The fraction of sp³-hybridized carbons (Fsp3) is 0.375. The van der Waals surface area contributed by atoms with Gasteiger partial charge in [-0.15, -0.1) is 0 Å². The van der Waals surface area contributed by atoms with Crippen LogP contribution in [0.3, 0.4) is 0 Å². The Kier molecular flexibility index (Phi) is 5.37. The monoisotopic (exact) mass is 421 g/mol. The van der Waals surface area contributed by atoms with Gasteiger partial charge in [-0.1, -0.05) is 64.1 Å². The normalized spacial score (nSPS) is 24.6. The molecule has 0 unspecified atom stereocenters. The van der Waals surface area contributed by atoms with E-state index in [2.05, 4.69) is 111 Å². The quantitative estimate of drug-likeness (QED) is 0.546. The summed E-state index contributed by atoms with van der Waals surface area (Å²) in [5, 5.41) is 6.08. The first-order chi connectivity index (χ1) is 14.4. The topological polar surface area (TPSA) is 34.4 Å². The van der Waals surface area contributed by atoms with E-state index in [0.717, 1.165) is 18.8 Å². The van der Waals surface area contributed by atoms with Crippen LogP contribution in [0.1, 0.15) is 33.3 Å². The Labute approximate surface area is 180 Å². The summed E-state index contributed by atoms with van der Waals surface area (Å²) in [4.78, 5) is 2.36.